The van der Waals surface area contributed by atoms with Gasteiger partial charge in [0.25, 0.3) is 0 Å². The summed E-state index contributed by atoms with van der Waals surface area (Å²) in [5.74, 6) is 0.477. The van der Waals surface area contributed by atoms with Gasteiger partial charge in [-0.25, -0.2) is 9.78 Å². The maximum Gasteiger partial charge on any atom is 0.356 e. The largest absolute Gasteiger partial charge is 0.493 e. The topological polar surface area (TPSA) is 82.3 Å². The number of imidazole rings is 1. The maximum atomic E-state index is 11.1. The van der Waals surface area contributed by atoms with Crippen LogP contribution >= 0.6 is 11.3 Å². The fourth-order valence-electron chi connectivity index (χ4n) is 2.38. The first kappa shape index (κ1) is 15.2. The summed E-state index contributed by atoms with van der Waals surface area (Å²) in [7, 11) is 4.63. The number of hydrogen-bond acceptors (Lipinski definition) is 6. The highest BCUT2D eigenvalue weighted by atomic mass is 32.1. The fraction of sp³-hybridized carbons (Fsp3) is 0.200. The van der Waals surface area contributed by atoms with Crippen molar-refractivity contribution in [1.82, 2.24) is 9.38 Å². The second-order valence-corrected chi connectivity index (χ2v) is 5.42. The van der Waals surface area contributed by atoms with Crippen molar-refractivity contribution in [3.05, 3.63) is 29.4 Å². The van der Waals surface area contributed by atoms with Crippen molar-refractivity contribution in [2.75, 3.05) is 21.3 Å². The lowest BCUT2D eigenvalue weighted by Gasteiger charge is -2.15. The zero-order valence-corrected chi connectivity index (χ0v) is 13.5. The van der Waals surface area contributed by atoms with Crippen molar-refractivity contribution in [2.24, 2.45) is 0 Å². The number of fused-ring (bicyclic) bond motifs is 1. The van der Waals surface area contributed by atoms with Crippen LogP contribution in [0.2, 0.25) is 0 Å². The number of ether oxygens (including phenoxy) is 3. The molecule has 0 saturated carbocycles. The molecule has 2 heterocycles. The van der Waals surface area contributed by atoms with Gasteiger partial charge in [-0.05, 0) is 12.1 Å². The number of carbonyl (C=O) groups is 1. The molecule has 3 rings (SSSR count). The first-order chi connectivity index (χ1) is 11.1. The molecule has 120 valence electrons. The highest BCUT2D eigenvalue weighted by molar-refractivity contribution is 7.15. The van der Waals surface area contributed by atoms with E-state index in [1.165, 1.54) is 24.6 Å². The Kier molecular flexibility index (Phi) is 3.83. The zero-order chi connectivity index (χ0) is 16.6. The molecule has 0 unspecified atom stereocenters. The van der Waals surface area contributed by atoms with E-state index in [1.807, 2.05) is 11.4 Å². The van der Waals surface area contributed by atoms with E-state index in [-0.39, 0.29) is 5.69 Å². The molecule has 0 spiro atoms. The number of carboxylic acids is 1. The molecule has 0 atom stereocenters. The van der Waals surface area contributed by atoms with Gasteiger partial charge in [-0.15, -0.1) is 11.3 Å². The smallest absolute Gasteiger partial charge is 0.356 e. The lowest BCUT2D eigenvalue weighted by atomic mass is 10.1. The van der Waals surface area contributed by atoms with Crippen LogP contribution in [0.1, 0.15) is 10.5 Å². The van der Waals surface area contributed by atoms with E-state index in [0.29, 0.717) is 22.2 Å². The molecular weight excluding hydrogens is 320 g/mol. The predicted octanol–water partition coefficient (Wildman–Crippen LogP) is 2.79. The minimum atomic E-state index is -1.06. The molecule has 8 heteroatoms. The first-order valence-electron chi connectivity index (χ1n) is 6.60. The minimum Gasteiger partial charge on any atom is -0.493 e. The van der Waals surface area contributed by atoms with Gasteiger partial charge in [0.2, 0.25) is 5.75 Å². The SMILES string of the molecule is COc1ccc(-c2csc3nc(C(=O)O)cn23)c(OC)c1OC. The van der Waals surface area contributed by atoms with Crippen LogP contribution in [0, 0.1) is 0 Å². The van der Waals surface area contributed by atoms with Crippen LogP contribution in [0.3, 0.4) is 0 Å². The Balaban J connectivity index is 2.24. The molecule has 0 fully saturated rings. The third-order valence-electron chi connectivity index (χ3n) is 3.41. The number of nitrogens with zero attached hydrogens (tertiary/aromatic N) is 2. The van der Waals surface area contributed by atoms with Gasteiger partial charge in [0.15, 0.2) is 22.2 Å². The minimum absolute atomic E-state index is 0.00227. The molecule has 0 aliphatic rings. The number of thiazole rings is 1. The summed E-state index contributed by atoms with van der Waals surface area (Å²) in [6, 6.07) is 3.61. The van der Waals surface area contributed by atoms with Gasteiger partial charge in [-0.2, -0.15) is 0 Å². The molecule has 0 bridgehead atoms. The first-order valence-corrected chi connectivity index (χ1v) is 7.47. The van der Waals surface area contributed by atoms with Gasteiger partial charge in [-0.1, -0.05) is 0 Å². The predicted molar refractivity (Wildman–Crippen MR) is 85.1 cm³/mol. The summed E-state index contributed by atoms with van der Waals surface area (Å²) < 4.78 is 17.9. The monoisotopic (exact) mass is 334 g/mol. The molecule has 0 amide bonds. The van der Waals surface area contributed by atoms with Gasteiger partial charge in [-0.3, -0.25) is 4.40 Å². The highest BCUT2D eigenvalue weighted by Crippen LogP contribution is 2.44. The molecule has 0 aliphatic carbocycles. The summed E-state index contributed by atoms with van der Waals surface area (Å²) >= 11 is 1.35. The van der Waals surface area contributed by atoms with Gasteiger partial charge in [0.1, 0.15) is 0 Å². The van der Waals surface area contributed by atoms with Crippen molar-refractivity contribution in [1.29, 1.82) is 0 Å². The zero-order valence-electron chi connectivity index (χ0n) is 12.7. The Hall–Kier alpha value is -2.74. The number of aromatic carboxylic acids is 1. The second-order valence-electron chi connectivity index (χ2n) is 4.59. The third kappa shape index (κ3) is 2.36. The van der Waals surface area contributed by atoms with Crippen LogP contribution in [0.15, 0.2) is 23.7 Å². The van der Waals surface area contributed by atoms with Crippen LogP contribution < -0.4 is 14.2 Å². The summed E-state index contributed by atoms with van der Waals surface area (Å²) in [6.07, 6.45) is 1.49. The van der Waals surface area contributed by atoms with E-state index in [2.05, 4.69) is 4.98 Å². The van der Waals surface area contributed by atoms with E-state index in [1.54, 1.807) is 24.7 Å². The molecule has 1 aromatic carbocycles. The highest BCUT2D eigenvalue weighted by Gasteiger charge is 2.21. The summed E-state index contributed by atoms with van der Waals surface area (Å²) in [6.45, 7) is 0. The van der Waals surface area contributed by atoms with Gasteiger partial charge >= 0.3 is 5.97 Å². The normalized spacial score (nSPS) is 10.7. The molecule has 7 nitrogen and oxygen atoms in total. The number of benzene rings is 1. The van der Waals surface area contributed by atoms with Crippen LogP contribution in [-0.2, 0) is 0 Å². The molecule has 3 aromatic rings. The van der Waals surface area contributed by atoms with Crippen molar-refractivity contribution in [2.45, 2.75) is 0 Å². The summed E-state index contributed by atoms with van der Waals surface area (Å²) in [5.41, 5.74) is 1.52. The molecule has 1 N–H and O–H groups in total. The third-order valence-corrected chi connectivity index (χ3v) is 4.25. The average Bonchev–Trinajstić information content (AvgIpc) is 3.13. The Bertz CT molecular complexity index is 884. The van der Waals surface area contributed by atoms with Crippen molar-refractivity contribution >= 4 is 22.3 Å². The Labute approximate surface area is 135 Å². The quantitative estimate of drug-likeness (QED) is 0.772. The van der Waals surface area contributed by atoms with E-state index in [9.17, 15) is 4.79 Å². The van der Waals surface area contributed by atoms with Crippen molar-refractivity contribution in [3.63, 3.8) is 0 Å². The molecule has 23 heavy (non-hydrogen) atoms. The number of methoxy groups -OCH3 is 3. The molecular formula is C15H14N2O5S. The molecule has 0 aliphatic heterocycles. The van der Waals surface area contributed by atoms with Crippen LogP contribution in [0.4, 0.5) is 0 Å². The standard InChI is InChI=1S/C15H14N2O5S/c1-20-11-5-4-8(12(21-2)13(11)22-3)10-7-23-15-16-9(14(18)19)6-17(10)15/h4-7H,1-3H3,(H,18,19). The Morgan fingerprint density at radius 1 is 1.17 bits per heavy atom. The Morgan fingerprint density at radius 3 is 2.52 bits per heavy atom. The average molecular weight is 334 g/mol. The lowest BCUT2D eigenvalue weighted by molar-refractivity contribution is 0.0691. The number of aromatic nitrogens is 2. The molecule has 0 radical (unpaired) electrons. The van der Waals surface area contributed by atoms with E-state index in [4.69, 9.17) is 19.3 Å². The van der Waals surface area contributed by atoms with Gasteiger partial charge < -0.3 is 19.3 Å². The van der Waals surface area contributed by atoms with E-state index in [0.717, 1.165) is 11.3 Å². The van der Waals surface area contributed by atoms with Gasteiger partial charge in [0.05, 0.1) is 27.0 Å². The Morgan fingerprint density at radius 2 is 1.91 bits per heavy atom. The van der Waals surface area contributed by atoms with Crippen molar-refractivity contribution < 1.29 is 24.1 Å². The summed E-state index contributed by atoms with van der Waals surface area (Å²) in [5, 5.41) is 11.0. The number of carboxylic acid groups (broad SMARTS) is 1. The molecule has 2 aromatic heterocycles. The number of rotatable bonds is 5. The number of hydrogen-bond donors (Lipinski definition) is 1. The van der Waals surface area contributed by atoms with E-state index >= 15 is 0 Å². The van der Waals surface area contributed by atoms with Crippen LogP contribution in [0.5, 0.6) is 17.2 Å². The van der Waals surface area contributed by atoms with Gasteiger partial charge in [0, 0.05) is 17.1 Å². The van der Waals surface area contributed by atoms with Crippen LogP contribution in [-0.4, -0.2) is 41.8 Å². The maximum absolute atomic E-state index is 11.1. The summed E-state index contributed by atoms with van der Waals surface area (Å²) in [4.78, 5) is 15.8. The fourth-order valence-corrected chi connectivity index (χ4v) is 3.26. The van der Waals surface area contributed by atoms with Crippen molar-refractivity contribution in [3.8, 4) is 28.5 Å². The molecule has 0 saturated heterocycles. The van der Waals surface area contributed by atoms with E-state index < -0.39 is 5.97 Å². The van der Waals surface area contributed by atoms with Crippen LogP contribution in [0.25, 0.3) is 16.2 Å². The lowest BCUT2D eigenvalue weighted by Crippen LogP contribution is -1.98. The second kappa shape index (κ2) is 5.81.